The van der Waals surface area contributed by atoms with Gasteiger partial charge in [-0.2, -0.15) is 0 Å². The van der Waals surface area contributed by atoms with Crippen molar-refractivity contribution in [2.45, 2.75) is 97.4 Å². The molecule has 7 atom stereocenters. The van der Waals surface area contributed by atoms with Crippen molar-refractivity contribution >= 4 is 17.6 Å². The first-order valence-corrected chi connectivity index (χ1v) is 14.8. The van der Waals surface area contributed by atoms with Crippen molar-refractivity contribution in [2.24, 2.45) is 39.7 Å². The van der Waals surface area contributed by atoms with E-state index < -0.39 is 12.8 Å². The predicted octanol–water partition coefficient (Wildman–Crippen LogP) is 6.06. The SMILES string of the molecule is C/C(=N\OC(=O)N(CCF)CCC1CCCN1)[C@H]1CC[C@H]2[C@@H]3CCC4=CC(=O)CC[C@]4(C)[C@H]3CC[C@]12C. The van der Waals surface area contributed by atoms with Crippen molar-refractivity contribution in [3.63, 3.8) is 0 Å². The lowest BCUT2D eigenvalue weighted by atomic mass is 9.46. The van der Waals surface area contributed by atoms with Crippen LogP contribution in [0.1, 0.15) is 91.4 Å². The fraction of sp³-hybridized carbons (Fsp3) is 0.833. The number of amides is 1. The molecule has 1 N–H and O–H groups in total. The number of fused-ring (bicyclic) bond motifs is 5. The lowest BCUT2D eigenvalue weighted by molar-refractivity contribution is -0.117. The first-order valence-electron chi connectivity index (χ1n) is 14.8. The Morgan fingerprint density at radius 1 is 1.14 bits per heavy atom. The number of halogens is 1. The van der Waals surface area contributed by atoms with Crippen LogP contribution >= 0.6 is 0 Å². The van der Waals surface area contributed by atoms with Gasteiger partial charge in [0.15, 0.2) is 5.78 Å². The zero-order chi connectivity index (χ0) is 26.2. The summed E-state index contributed by atoms with van der Waals surface area (Å²) in [6.45, 7) is 7.85. The number of alkyl halides is 1. The molecule has 0 spiro atoms. The molecule has 4 aliphatic carbocycles. The number of nitrogens with zero attached hydrogens (tertiary/aromatic N) is 2. The second kappa shape index (κ2) is 10.8. The molecule has 5 rings (SSSR count). The fourth-order valence-corrected chi connectivity index (χ4v) is 9.19. The van der Waals surface area contributed by atoms with Gasteiger partial charge in [-0.05, 0) is 112 Å². The maximum atomic E-state index is 13.1. The maximum absolute atomic E-state index is 13.1. The minimum absolute atomic E-state index is 0.0488. The van der Waals surface area contributed by atoms with E-state index in [1.165, 1.54) is 29.7 Å². The monoisotopic (exact) mass is 515 g/mol. The largest absolute Gasteiger partial charge is 0.436 e. The van der Waals surface area contributed by atoms with Crippen molar-refractivity contribution in [2.75, 3.05) is 26.3 Å². The van der Waals surface area contributed by atoms with E-state index in [1.54, 1.807) is 0 Å². The van der Waals surface area contributed by atoms with Crippen molar-refractivity contribution in [3.8, 4) is 0 Å². The van der Waals surface area contributed by atoms with Crippen LogP contribution in [0.5, 0.6) is 0 Å². The molecule has 37 heavy (non-hydrogen) atoms. The highest BCUT2D eigenvalue weighted by Crippen LogP contribution is 2.66. The second-order valence-electron chi connectivity index (χ2n) is 13.0. The van der Waals surface area contributed by atoms with Gasteiger partial charge < -0.3 is 10.2 Å². The normalized spacial score (nSPS) is 39.5. The molecular formula is C30H46FN3O3. The molecule has 6 nitrogen and oxygen atoms in total. The van der Waals surface area contributed by atoms with Crippen LogP contribution in [-0.4, -0.2) is 54.8 Å². The summed E-state index contributed by atoms with van der Waals surface area (Å²) in [5.41, 5.74) is 2.66. The summed E-state index contributed by atoms with van der Waals surface area (Å²) in [6, 6.07) is 0.397. The highest BCUT2D eigenvalue weighted by molar-refractivity contribution is 5.91. The second-order valence-corrected chi connectivity index (χ2v) is 13.0. The topological polar surface area (TPSA) is 71.0 Å². The molecule has 0 aromatic heterocycles. The lowest BCUT2D eigenvalue weighted by Crippen LogP contribution is -2.51. The minimum Gasteiger partial charge on any atom is -0.314 e. The molecule has 3 saturated carbocycles. The van der Waals surface area contributed by atoms with Gasteiger partial charge in [-0.25, -0.2) is 9.18 Å². The molecule has 0 aromatic rings. The molecule has 1 heterocycles. The van der Waals surface area contributed by atoms with E-state index in [-0.39, 0.29) is 17.4 Å². The third-order valence-electron chi connectivity index (χ3n) is 11.3. The Balaban J connectivity index is 1.23. The number of allylic oxidation sites excluding steroid dienone is 1. The summed E-state index contributed by atoms with van der Waals surface area (Å²) >= 11 is 0. The molecule has 0 bridgehead atoms. The molecule has 1 saturated heterocycles. The standard InChI is InChI=1S/C30H46FN3O3/c1-20(33-37-28(36)34(18-15-31)17-12-22-5-4-16-32-22)25-8-9-26-24-7-6-21-19-23(35)10-13-29(21,2)27(24)11-14-30(25,26)3/h19,22,24-27,32H,4-18H2,1-3H3/b33-20+/t22?,24-,25+,26-,27-,29-,30+/m0/s1. The summed E-state index contributed by atoms with van der Waals surface area (Å²) in [5.74, 6) is 2.63. The smallest absolute Gasteiger partial charge is 0.314 e. The van der Waals surface area contributed by atoms with E-state index in [9.17, 15) is 14.0 Å². The van der Waals surface area contributed by atoms with Gasteiger partial charge in [-0.3, -0.25) is 9.63 Å². The Kier molecular flexibility index (Phi) is 7.82. The highest BCUT2D eigenvalue weighted by Gasteiger charge is 2.59. The van der Waals surface area contributed by atoms with Crippen molar-refractivity contribution in [1.82, 2.24) is 10.2 Å². The Morgan fingerprint density at radius 3 is 2.73 bits per heavy atom. The highest BCUT2D eigenvalue weighted by atomic mass is 19.1. The summed E-state index contributed by atoms with van der Waals surface area (Å²) in [5, 5.41) is 7.79. The number of rotatable bonds is 7. The van der Waals surface area contributed by atoms with E-state index in [1.807, 2.05) is 13.0 Å². The summed E-state index contributed by atoms with van der Waals surface area (Å²) in [6.07, 6.45) is 13.1. The van der Waals surface area contributed by atoms with Crippen LogP contribution in [0.25, 0.3) is 0 Å². The van der Waals surface area contributed by atoms with E-state index in [2.05, 4.69) is 24.3 Å². The van der Waals surface area contributed by atoms with Crippen molar-refractivity contribution in [1.29, 1.82) is 0 Å². The summed E-state index contributed by atoms with van der Waals surface area (Å²) in [7, 11) is 0. The zero-order valence-electron chi connectivity index (χ0n) is 23.1. The quantitative estimate of drug-likeness (QED) is 0.254. The molecule has 5 aliphatic rings. The van der Waals surface area contributed by atoms with Crippen LogP contribution in [0.4, 0.5) is 9.18 Å². The Bertz CT molecular complexity index is 944. The van der Waals surface area contributed by atoms with Crippen LogP contribution in [0.15, 0.2) is 16.8 Å². The molecule has 1 unspecified atom stereocenters. The van der Waals surface area contributed by atoms with Crippen LogP contribution in [0, 0.1) is 34.5 Å². The van der Waals surface area contributed by atoms with Gasteiger partial charge in [-0.15, -0.1) is 0 Å². The van der Waals surface area contributed by atoms with E-state index in [4.69, 9.17) is 4.84 Å². The number of ketones is 1. The Labute approximate surface area is 221 Å². The van der Waals surface area contributed by atoms with Crippen LogP contribution in [0.3, 0.4) is 0 Å². The van der Waals surface area contributed by atoms with E-state index in [0.29, 0.717) is 48.5 Å². The third kappa shape index (κ3) is 5.02. The molecule has 7 heteroatoms. The number of hydrogen-bond donors (Lipinski definition) is 1. The molecule has 1 amide bonds. The first kappa shape index (κ1) is 26.8. The summed E-state index contributed by atoms with van der Waals surface area (Å²) in [4.78, 5) is 31.8. The van der Waals surface area contributed by atoms with Gasteiger partial charge in [-0.1, -0.05) is 24.6 Å². The molecular weight excluding hydrogens is 469 g/mol. The molecule has 1 aliphatic heterocycles. The number of oxime groups is 1. The van der Waals surface area contributed by atoms with E-state index >= 15 is 0 Å². The van der Waals surface area contributed by atoms with Gasteiger partial charge >= 0.3 is 6.09 Å². The predicted molar refractivity (Wildman–Crippen MR) is 143 cm³/mol. The molecule has 0 radical (unpaired) electrons. The summed E-state index contributed by atoms with van der Waals surface area (Å²) < 4.78 is 13.1. The average molecular weight is 516 g/mol. The minimum atomic E-state index is -0.579. The average Bonchev–Trinajstić information content (AvgIpc) is 3.52. The van der Waals surface area contributed by atoms with Gasteiger partial charge in [0.2, 0.25) is 0 Å². The number of carbonyl (C=O) groups is 2. The molecule has 4 fully saturated rings. The number of nitrogens with one attached hydrogen (secondary N) is 1. The van der Waals surface area contributed by atoms with Gasteiger partial charge in [0, 0.05) is 24.9 Å². The Hall–Kier alpha value is -1.76. The maximum Gasteiger partial charge on any atom is 0.436 e. The third-order valence-corrected chi connectivity index (χ3v) is 11.3. The van der Waals surface area contributed by atoms with Crippen LogP contribution in [0.2, 0.25) is 0 Å². The van der Waals surface area contributed by atoms with Gasteiger partial charge in [0.25, 0.3) is 0 Å². The molecule has 0 aromatic carbocycles. The van der Waals surface area contributed by atoms with Crippen molar-refractivity contribution in [3.05, 3.63) is 11.6 Å². The lowest BCUT2D eigenvalue weighted by Gasteiger charge is -2.58. The Morgan fingerprint density at radius 2 is 1.97 bits per heavy atom. The molecule has 206 valence electrons. The first-order chi connectivity index (χ1) is 17.8. The number of carbonyl (C=O) groups excluding carboxylic acids is 2. The zero-order valence-corrected chi connectivity index (χ0v) is 23.1. The van der Waals surface area contributed by atoms with Crippen LogP contribution in [-0.2, 0) is 9.63 Å². The number of hydrogen-bond acceptors (Lipinski definition) is 5. The fourth-order valence-electron chi connectivity index (χ4n) is 9.19. The van der Waals surface area contributed by atoms with Crippen LogP contribution < -0.4 is 5.32 Å². The van der Waals surface area contributed by atoms with Gasteiger partial charge in [0.1, 0.15) is 6.67 Å². The van der Waals surface area contributed by atoms with E-state index in [0.717, 1.165) is 57.2 Å². The van der Waals surface area contributed by atoms with Crippen molar-refractivity contribution < 1.29 is 18.8 Å². The van der Waals surface area contributed by atoms with Gasteiger partial charge in [0.05, 0.1) is 12.3 Å².